The summed E-state index contributed by atoms with van der Waals surface area (Å²) in [5.74, 6) is -0.647. The van der Waals surface area contributed by atoms with E-state index in [-0.39, 0.29) is 26.3 Å². The molecule has 14 heavy (non-hydrogen) atoms. The van der Waals surface area contributed by atoms with Gasteiger partial charge in [-0.05, 0) is 6.07 Å². The van der Waals surface area contributed by atoms with E-state index in [0.717, 1.165) is 0 Å². The molecule has 0 unspecified atom stereocenters. The van der Waals surface area contributed by atoms with Crippen LogP contribution in [0.5, 0.6) is 0 Å². The topological polar surface area (TPSA) is 52.3 Å². The highest BCUT2D eigenvalue weighted by molar-refractivity contribution is 6.49. The number of nitrogens with two attached hydrogens (primary N) is 1. The molecular weight excluding hydrogens is 248 g/mol. The molecule has 1 aromatic carbocycles. The third kappa shape index (κ3) is 1.90. The van der Waals surface area contributed by atoms with Gasteiger partial charge in [0.15, 0.2) is 0 Å². The van der Waals surface area contributed by atoms with E-state index in [1.54, 1.807) is 0 Å². The summed E-state index contributed by atoms with van der Waals surface area (Å²) in [7, 11) is 1.22. The van der Waals surface area contributed by atoms with E-state index in [0.29, 0.717) is 0 Å². The Balaban J connectivity index is 3.44. The van der Waals surface area contributed by atoms with Gasteiger partial charge in [-0.15, -0.1) is 0 Å². The fourth-order valence-electron chi connectivity index (χ4n) is 0.923. The highest BCUT2D eigenvalue weighted by atomic mass is 35.5. The minimum atomic E-state index is -0.647. The van der Waals surface area contributed by atoms with Gasteiger partial charge in [-0.25, -0.2) is 4.79 Å². The van der Waals surface area contributed by atoms with Crippen LogP contribution >= 0.6 is 34.8 Å². The zero-order chi connectivity index (χ0) is 10.9. The van der Waals surface area contributed by atoms with Gasteiger partial charge in [0.1, 0.15) is 5.56 Å². The fourth-order valence-corrected chi connectivity index (χ4v) is 1.62. The lowest BCUT2D eigenvalue weighted by Crippen LogP contribution is -2.06. The standard InChI is InChI=1S/C8H6Cl3NO2/c1-14-8(13)5-4(12)2-3(9)6(10)7(5)11/h2H,12H2,1H3. The third-order valence-electron chi connectivity index (χ3n) is 1.58. The maximum atomic E-state index is 11.2. The molecule has 0 fully saturated rings. The Labute approximate surface area is 95.7 Å². The van der Waals surface area contributed by atoms with Gasteiger partial charge in [0, 0.05) is 5.69 Å². The minimum Gasteiger partial charge on any atom is -0.465 e. The van der Waals surface area contributed by atoms with Crippen LogP contribution in [0.1, 0.15) is 10.4 Å². The molecule has 3 nitrogen and oxygen atoms in total. The van der Waals surface area contributed by atoms with Crippen LogP contribution in [0.2, 0.25) is 15.1 Å². The van der Waals surface area contributed by atoms with Crippen LogP contribution in [-0.4, -0.2) is 13.1 Å². The molecule has 0 heterocycles. The molecule has 0 amide bonds. The average molecular weight is 254 g/mol. The lowest BCUT2D eigenvalue weighted by molar-refractivity contribution is 0.0602. The zero-order valence-electron chi connectivity index (χ0n) is 7.11. The number of halogens is 3. The maximum absolute atomic E-state index is 11.2. The van der Waals surface area contributed by atoms with E-state index < -0.39 is 5.97 Å². The van der Waals surface area contributed by atoms with E-state index in [1.807, 2.05) is 0 Å². The number of nitrogen functional groups attached to an aromatic ring is 1. The molecule has 6 heteroatoms. The van der Waals surface area contributed by atoms with Gasteiger partial charge >= 0.3 is 5.97 Å². The second kappa shape index (κ2) is 4.26. The van der Waals surface area contributed by atoms with Crippen LogP contribution < -0.4 is 5.73 Å². The van der Waals surface area contributed by atoms with Gasteiger partial charge in [0.25, 0.3) is 0 Å². The molecule has 0 aliphatic rings. The molecule has 0 aliphatic heterocycles. The predicted molar refractivity (Wildman–Crippen MR) is 57.2 cm³/mol. The number of carbonyl (C=O) groups is 1. The average Bonchev–Trinajstić information content (AvgIpc) is 2.14. The molecule has 0 radical (unpaired) electrons. The Hall–Kier alpha value is -0.640. The van der Waals surface area contributed by atoms with Crippen molar-refractivity contribution < 1.29 is 9.53 Å². The summed E-state index contributed by atoms with van der Waals surface area (Å²) < 4.78 is 4.49. The molecule has 0 spiro atoms. The molecular formula is C8H6Cl3NO2. The monoisotopic (exact) mass is 253 g/mol. The van der Waals surface area contributed by atoms with Crippen molar-refractivity contribution in [2.24, 2.45) is 0 Å². The summed E-state index contributed by atoms with van der Waals surface area (Å²) in [5.41, 5.74) is 5.71. The van der Waals surface area contributed by atoms with E-state index in [2.05, 4.69) is 4.74 Å². The zero-order valence-corrected chi connectivity index (χ0v) is 9.37. The normalized spacial score (nSPS) is 10.0. The van der Waals surface area contributed by atoms with E-state index in [1.165, 1.54) is 13.2 Å². The maximum Gasteiger partial charge on any atom is 0.341 e. The number of benzene rings is 1. The molecule has 0 bridgehead atoms. The van der Waals surface area contributed by atoms with E-state index >= 15 is 0 Å². The van der Waals surface area contributed by atoms with Crippen LogP contribution in [0.25, 0.3) is 0 Å². The van der Waals surface area contributed by atoms with Crippen molar-refractivity contribution in [3.63, 3.8) is 0 Å². The van der Waals surface area contributed by atoms with Gasteiger partial charge in [-0.3, -0.25) is 0 Å². The lowest BCUT2D eigenvalue weighted by atomic mass is 10.2. The molecule has 1 rings (SSSR count). The summed E-state index contributed by atoms with van der Waals surface area (Å²) in [6.45, 7) is 0. The van der Waals surface area contributed by atoms with Crippen LogP contribution in [-0.2, 0) is 4.74 Å². The number of ether oxygens (including phenoxy) is 1. The quantitative estimate of drug-likeness (QED) is 0.476. The summed E-state index contributed by atoms with van der Waals surface area (Å²) in [6.07, 6.45) is 0. The molecule has 0 atom stereocenters. The molecule has 76 valence electrons. The minimum absolute atomic E-state index is 0.00326. The summed E-state index contributed by atoms with van der Waals surface area (Å²) in [6, 6.07) is 1.35. The number of anilines is 1. The van der Waals surface area contributed by atoms with Crippen LogP contribution in [0.15, 0.2) is 6.07 Å². The van der Waals surface area contributed by atoms with Crippen molar-refractivity contribution in [2.45, 2.75) is 0 Å². The summed E-state index contributed by atoms with van der Waals surface area (Å²) >= 11 is 17.2. The number of rotatable bonds is 1. The first kappa shape index (κ1) is 11.4. The van der Waals surface area contributed by atoms with Gasteiger partial charge in [-0.2, -0.15) is 0 Å². The van der Waals surface area contributed by atoms with Crippen molar-refractivity contribution in [3.8, 4) is 0 Å². The predicted octanol–water partition coefficient (Wildman–Crippen LogP) is 3.02. The molecule has 0 saturated heterocycles. The Morgan fingerprint density at radius 2 is 1.93 bits per heavy atom. The van der Waals surface area contributed by atoms with Gasteiger partial charge in [0.2, 0.25) is 0 Å². The van der Waals surface area contributed by atoms with Gasteiger partial charge < -0.3 is 10.5 Å². The first-order valence-electron chi connectivity index (χ1n) is 3.50. The number of hydrogen-bond donors (Lipinski definition) is 1. The molecule has 0 aliphatic carbocycles. The molecule has 0 saturated carbocycles. The SMILES string of the molecule is COC(=O)c1c(N)cc(Cl)c(Cl)c1Cl. The number of esters is 1. The van der Waals surface area contributed by atoms with Gasteiger partial charge in [-0.1, -0.05) is 34.8 Å². The van der Waals surface area contributed by atoms with E-state index in [9.17, 15) is 4.79 Å². The second-order valence-corrected chi connectivity index (χ2v) is 3.61. The Morgan fingerprint density at radius 3 is 2.43 bits per heavy atom. The van der Waals surface area contributed by atoms with Crippen LogP contribution in [0.3, 0.4) is 0 Å². The van der Waals surface area contributed by atoms with Crippen molar-refractivity contribution in [1.29, 1.82) is 0 Å². The Bertz CT molecular complexity index is 393. The first-order valence-corrected chi connectivity index (χ1v) is 4.63. The number of carbonyl (C=O) groups excluding carboxylic acids is 1. The summed E-state index contributed by atoms with van der Waals surface area (Å²) in [4.78, 5) is 11.2. The largest absolute Gasteiger partial charge is 0.465 e. The van der Waals surface area contributed by atoms with Crippen LogP contribution in [0.4, 0.5) is 5.69 Å². The smallest absolute Gasteiger partial charge is 0.341 e. The molecule has 1 aromatic rings. The van der Waals surface area contributed by atoms with Crippen molar-refractivity contribution in [1.82, 2.24) is 0 Å². The lowest BCUT2D eigenvalue weighted by Gasteiger charge is -2.08. The first-order chi connectivity index (χ1) is 6.49. The summed E-state index contributed by atoms with van der Waals surface area (Å²) in [5, 5.41) is 0.285. The highest BCUT2D eigenvalue weighted by Crippen LogP contribution is 2.36. The molecule has 0 aromatic heterocycles. The second-order valence-electron chi connectivity index (χ2n) is 2.44. The van der Waals surface area contributed by atoms with Gasteiger partial charge in [0.05, 0.1) is 22.2 Å². The van der Waals surface area contributed by atoms with E-state index in [4.69, 9.17) is 40.5 Å². The molecule has 2 N–H and O–H groups in total. The number of hydrogen-bond acceptors (Lipinski definition) is 3. The van der Waals surface area contributed by atoms with Crippen molar-refractivity contribution >= 4 is 46.5 Å². The van der Waals surface area contributed by atoms with Crippen molar-refractivity contribution in [3.05, 3.63) is 26.7 Å². The fraction of sp³-hybridized carbons (Fsp3) is 0.125. The van der Waals surface area contributed by atoms with Crippen LogP contribution in [0, 0.1) is 0 Å². The third-order valence-corrected chi connectivity index (χ3v) is 2.84. The van der Waals surface area contributed by atoms with Crippen molar-refractivity contribution in [2.75, 3.05) is 12.8 Å². The Morgan fingerprint density at radius 1 is 1.36 bits per heavy atom. The highest BCUT2D eigenvalue weighted by Gasteiger charge is 2.19. The Kier molecular flexibility index (Phi) is 3.48. The number of methoxy groups -OCH3 is 1.